The number of hydrogen-bond donors (Lipinski definition) is 1. The lowest BCUT2D eigenvalue weighted by molar-refractivity contribution is 0.167. The lowest BCUT2D eigenvalue weighted by Gasteiger charge is -2.09. The average Bonchev–Trinajstić information content (AvgIpc) is 3.14. The maximum Gasteiger partial charge on any atom is 0.407 e. The number of rotatable bonds is 4. The van der Waals surface area contributed by atoms with Crippen molar-refractivity contribution in [1.29, 1.82) is 0 Å². The topological polar surface area (TPSA) is 50.7 Å². The van der Waals surface area contributed by atoms with Gasteiger partial charge in [0.15, 0.2) is 0 Å². The van der Waals surface area contributed by atoms with Gasteiger partial charge in [-0.3, -0.25) is 0 Å². The molecule has 1 amide bonds. The molecule has 1 atom stereocenters. The fourth-order valence-corrected chi connectivity index (χ4v) is 3.62. The zero-order valence-electron chi connectivity index (χ0n) is 15.8. The number of alkyl carbamates (subject to hydrolysis) is 1. The van der Waals surface area contributed by atoms with E-state index in [0.29, 0.717) is 0 Å². The van der Waals surface area contributed by atoms with Crippen molar-refractivity contribution in [3.8, 4) is 0 Å². The fraction of sp³-hybridized carbons (Fsp3) is 0.167. The Morgan fingerprint density at radius 1 is 0.893 bits per heavy atom. The fourth-order valence-electron chi connectivity index (χ4n) is 3.62. The molecule has 1 N–H and O–H groups in total. The van der Waals surface area contributed by atoms with Crippen LogP contribution in [0.3, 0.4) is 0 Å². The molecule has 0 saturated heterocycles. The Morgan fingerprint density at radius 3 is 2.11 bits per heavy atom. The van der Waals surface area contributed by atoms with Crippen LogP contribution in [0.4, 0.5) is 10.5 Å². The first-order valence-corrected chi connectivity index (χ1v) is 9.39. The van der Waals surface area contributed by atoms with Gasteiger partial charge < -0.3 is 10.1 Å². The Morgan fingerprint density at radius 2 is 1.50 bits per heavy atom. The maximum absolute atomic E-state index is 11.5. The van der Waals surface area contributed by atoms with Crippen LogP contribution in [0.2, 0.25) is 0 Å². The van der Waals surface area contributed by atoms with Gasteiger partial charge in [0, 0.05) is 17.2 Å². The van der Waals surface area contributed by atoms with Crippen molar-refractivity contribution in [2.75, 3.05) is 7.11 Å². The number of amides is 1. The van der Waals surface area contributed by atoms with Crippen LogP contribution in [0.1, 0.15) is 22.3 Å². The maximum atomic E-state index is 11.5. The summed E-state index contributed by atoms with van der Waals surface area (Å²) in [4.78, 5) is 16.5. The van der Waals surface area contributed by atoms with E-state index in [1.807, 2.05) is 42.5 Å². The standard InChI is InChI=1S/C24H22N2O2/c1-28-24(27)26-22-14-19-12-13-21(15-20(19)16-22)25-23(17-8-4-2-5-9-17)18-10-6-3-7-11-18/h2-13,15,22H,14,16H2,1H3,(H,26,27). The van der Waals surface area contributed by atoms with Crippen LogP contribution in [0.5, 0.6) is 0 Å². The predicted octanol–water partition coefficient (Wildman–Crippen LogP) is 4.68. The van der Waals surface area contributed by atoms with Crippen LogP contribution >= 0.6 is 0 Å². The van der Waals surface area contributed by atoms with Crippen molar-refractivity contribution in [1.82, 2.24) is 5.32 Å². The molecule has 0 spiro atoms. The summed E-state index contributed by atoms with van der Waals surface area (Å²) in [6.07, 6.45) is 1.23. The number of benzene rings is 3. The van der Waals surface area contributed by atoms with E-state index in [9.17, 15) is 4.79 Å². The van der Waals surface area contributed by atoms with Gasteiger partial charge in [0.1, 0.15) is 0 Å². The summed E-state index contributed by atoms with van der Waals surface area (Å²) >= 11 is 0. The van der Waals surface area contributed by atoms with Crippen LogP contribution in [-0.4, -0.2) is 25.0 Å². The lowest BCUT2D eigenvalue weighted by atomic mass is 10.0. The van der Waals surface area contributed by atoms with E-state index in [1.54, 1.807) is 0 Å². The highest BCUT2D eigenvalue weighted by atomic mass is 16.5. The molecule has 3 aromatic rings. The number of methoxy groups -OCH3 is 1. The van der Waals surface area contributed by atoms with Crippen LogP contribution in [0.25, 0.3) is 0 Å². The number of fused-ring (bicyclic) bond motifs is 1. The summed E-state index contributed by atoms with van der Waals surface area (Å²) in [7, 11) is 1.39. The highest BCUT2D eigenvalue weighted by Gasteiger charge is 2.23. The second-order valence-electron chi connectivity index (χ2n) is 6.89. The van der Waals surface area contributed by atoms with E-state index in [0.717, 1.165) is 35.4 Å². The highest BCUT2D eigenvalue weighted by Crippen LogP contribution is 2.28. The molecule has 4 rings (SSSR count). The number of nitrogens with zero attached hydrogens (tertiary/aromatic N) is 1. The second kappa shape index (κ2) is 8.09. The average molecular weight is 370 g/mol. The minimum Gasteiger partial charge on any atom is -0.453 e. The van der Waals surface area contributed by atoms with Gasteiger partial charge in [-0.25, -0.2) is 9.79 Å². The van der Waals surface area contributed by atoms with Gasteiger partial charge >= 0.3 is 6.09 Å². The molecular formula is C24H22N2O2. The van der Waals surface area contributed by atoms with Crippen molar-refractivity contribution in [3.05, 3.63) is 101 Å². The molecule has 1 aliphatic carbocycles. The van der Waals surface area contributed by atoms with Gasteiger partial charge in [-0.05, 0) is 36.1 Å². The minimum atomic E-state index is -0.383. The van der Waals surface area contributed by atoms with E-state index in [-0.39, 0.29) is 12.1 Å². The Kier molecular flexibility index (Phi) is 5.20. The number of hydrogen-bond acceptors (Lipinski definition) is 3. The van der Waals surface area contributed by atoms with Gasteiger partial charge in [-0.2, -0.15) is 0 Å². The van der Waals surface area contributed by atoms with Crippen LogP contribution in [-0.2, 0) is 17.6 Å². The van der Waals surface area contributed by atoms with Crippen LogP contribution in [0.15, 0.2) is 83.9 Å². The van der Waals surface area contributed by atoms with Crippen molar-refractivity contribution in [2.24, 2.45) is 4.99 Å². The summed E-state index contributed by atoms with van der Waals surface area (Å²) in [6.45, 7) is 0. The Hall–Kier alpha value is -3.40. The van der Waals surface area contributed by atoms with Crippen molar-refractivity contribution < 1.29 is 9.53 Å². The summed E-state index contributed by atoms with van der Waals surface area (Å²) in [6, 6.07) is 26.8. The number of nitrogens with one attached hydrogen (secondary N) is 1. The minimum absolute atomic E-state index is 0.0735. The highest BCUT2D eigenvalue weighted by molar-refractivity contribution is 6.13. The molecule has 28 heavy (non-hydrogen) atoms. The summed E-state index contributed by atoms with van der Waals surface area (Å²) in [5.74, 6) is 0. The zero-order valence-corrected chi connectivity index (χ0v) is 15.8. The van der Waals surface area contributed by atoms with Gasteiger partial charge in [-0.1, -0.05) is 66.7 Å². The zero-order chi connectivity index (χ0) is 19.3. The molecule has 140 valence electrons. The Labute approximate surface area is 164 Å². The number of carbonyl (C=O) groups excluding carboxylic acids is 1. The normalized spacial score (nSPS) is 14.8. The first kappa shape index (κ1) is 18.0. The molecule has 1 aliphatic rings. The van der Waals surface area contributed by atoms with Crippen LogP contribution in [0, 0.1) is 0 Å². The second-order valence-corrected chi connectivity index (χ2v) is 6.89. The SMILES string of the molecule is COC(=O)NC1Cc2ccc(N=C(c3ccccc3)c3ccccc3)cc2C1. The van der Waals surface area contributed by atoms with Gasteiger partial charge in [0.2, 0.25) is 0 Å². The third-order valence-corrected chi connectivity index (χ3v) is 4.97. The van der Waals surface area contributed by atoms with Crippen molar-refractivity contribution in [2.45, 2.75) is 18.9 Å². The van der Waals surface area contributed by atoms with E-state index in [4.69, 9.17) is 9.73 Å². The molecule has 4 heteroatoms. The summed E-state index contributed by atoms with van der Waals surface area (Å²) in [5.41, 5.74) is 6.51. The third-order valence-electron chi connectivity index (χ3n) is 4.97. The molecule has 0 radical (unpaired) electrons. The van der Waals surface area contributed by atoms with E-state index >= 15 is 0 Å². The Bertz CT molecular complexity index is 956. The molecule has 1 unspecified atom stereocenters. The predicted molar refractivity (Wildman–Crippen MR) is 111 cm³/mol. The number of carbonyl (C=O) groups is 1. The quantitative estimate of drug-likeness (QED) is 0.678. The molecule has 0 heterocycles. The number of aliphatic imine (C=N–C) groups is 1. The van der Waals surface area contributed by atoms with E-state index in [2.05, 4.69) is 41.7 Å². The van der Waals surface area contributed by atoms with Crippen LogP contribution < -0.4 is 5.32 Å². The molecule has 0 bridgehead atoms. The molecular weight excluding hydrogens is 348 g/mol. The van der Waals surface area contributed by atoms with E-state index < -0.39 is 0 Å². The largest absolute Gasteiger partial charge is 0.453 e. The van der Waals surface area contributed by atoms with Crippen molar-refractivity contribution in [3.63, 3.8) is 0 Å². The van der Waals surface area contributed by atoms with Gasteiger partial charge in [0.25, 0.3) is 0 Å². The van der Waals surface area contributed by atoms with Gasteiger partial charge in [0.05, 0.1) is 18.5 Å². The summed E-state index contributed by atoms with van der Waals surface area (Å²) in [5, 5.41) is 2.89. The van der Waals surface area contributed by atoms with Gasteiger partial charge in [-0.15, -0.1) is 0 Å². The smallest absolute Gasteiger partial charge is 0.407 e. The molecule has 0 aromatic heterocycles. The number of ether oxygens (including phenoxy) is 1. The molecule has 0 aliphatic heterocycles. The Balaban J connectivity index is 1.66. The third kappa shape index (κ3) is 3.96. The van der Waals surface area contributed by atoms with E-state index in [1.165, 1.54) is 18.2 Å². The molecule has 4 nitrogen and oxygen atoms in total. The lowest BCUT2D eigenvalue weighted by Crippen LogP contribution is -2.35. The van der Waals surface area contributed by atoms with Crippen molar-refractivity contribution >= 4 is 17.5 Å². The molecule has 3 aromatic carbocycles. The first-order chi connectivity index (χ1) is 13.7. The molecule has 0 saturated carbocycles. The first-order valence-electron chi connectivity index (χ1n) is 9.39. The molecule has 0 fully saturated rings. The monoisotopic (exact) mass is 370 g/mol. The summed E-state index contributed by atoms with van der Waals surface area (Å²) < 4.78 is 4.71.